The number of halogens is 1. The Balaban J connectivity index is 2.24. The molecule has 0 aliphatic carbocycles. The summed E-state index contributed by atoms with van der Waals surface area (Å²) in [6, 6.07) is 9.60. The van der Waals surface area contributed by atoms with E-state index in [0.717, 1.165) is 0 Å². The number of amides is 1. The van der Waals surface area contributed by atoms with E-state index in [4.69, 9.17) is 31.9 Å². The number of carboxylic acid groups (broad SMARTS) is 1. The number of nitrogens with one attached hydrogen (secondary N) is 1. The Labute approximate surface area is 149 Å². The van der Waals surface area contributed by atoms with Crippen molar-refractivity contribution >= 4 is 29.2 Å². The number of methoxy groups -OCH3 is 1. The highest BCUT2D eigenvalue weighted by Crippen LogP contribution is 2.32. The number of anilines is 1. The topological polar surface area (TPSA) is 111 Å². The van der Waals surface area contributed by atoms with Crippen molar-refractivity contribution in [3.8, 4) is 11.5 Å². The van der Waals surface area contributed by atoms with Gasteiger partial charge in [0.25, 0.3) is 5.91 Å². The van der Waals surface area contributed by atoms with Crippen molar-refractivity contribution in [2.75, 3.05) is 19.0 Å². The molecule has 0 fully saturated rings. The van der Waals surface area contributed by atoms with Crippen LogP contribution in [-0.2, 0) is 11.3 Å². The molecule has 0 heterocycles. The molecule has 0 radical (unpaired) electrons. The second-order valence-corrected chi connectivity index (χ2v) is 5.46. The number of carbonyl (C=O) groups is 2. The van der Waals surface area contributed by atoms with Gasteiger partial charge in [0, 0.05) is 12.1 Å². The molecule has 0 saturated heterocycles. The standard InChI is InChI=1S/C17H17ClN2O5/c1-24-14-4-2-3-11(16(14)25-9-15(19)21)8-20-13-7-10(17(22)23)5-6-12(13)18/h2-7,20H,8-9H2,1H3,(H2,19,21)(H,22,23). The summed E-state index contributed by atoms with van der Waals surface area (Å²) in [6.45, 7) is -0.0171. The van der Waals surface area contributed by atoms with Crippen molar-refractivity contribution in [1.29, 1.82) is 0 Å². The van der Waals surface area contributed by atoms with E-state index in [1.54, 1.807) is 18.2 Å². The highest BCUT2D eigenvalue weighted by molar-refractivity contribution is 6.33. The van der Waals surface area contributed by atoms with Crippen LogP contribution in [0.2, 0.25) is 5.02 Å². The fourth-order valence-electron chi connectivity index (χ4n) is 2.15. The first-order valence-corrected chi connectivity index (χ1v) is 7.64. The number of hydrogen-bond donors (Lipinski definition) is 3. The number of para-hydroxylation sites is 1. The van der Waals surface area contributed by atoms with Crippen LogP contribution in [0.5, 0.6) is 11.5 Å². The predicted molar refractivity (Wildman–Crippen MR) is 93.4 cm³/mol. The summed E-state index contributed by atoms with van der Waals surface area (Å²) in [5.41, 5.74) is 6.39. The molecule has 0 aliphatic heterocycles. The molecular weight excluding hydrogens is 348 g/mol. The quantitative estimate of drug-likeness (QED) is 0.663. The van der Waals surface area contributed by atoms with Gasteiger partial charge in [-0.3, -0.25) is 4.79 Å². The van der Waals surface area contributed by atoms with Gasteiger partial charge in [0.15, 0.2) is 18.1 Å². The van der Waals surface area contributed by atoms with Crippen molar-refractivity contribution in [3.05, 3.63) is 52.5 Å². The van der Waals surface area contributed by atoms with E-state index >= 15 is 0 Å². The number of benzene rings is 2. The van der Waals surface area contributed by atoms with Crippen LogP contribution in [0.25, 0.3) is 0 Å². The Kier molecular flexibility index (Phi) is 6.08. The number of carboxylic acids is 1. The molecule has 0 aliphatic rings. The van der Waals surface area contributed by atoms with Crippen LogP contribution in [0.4, 0.5) is 5.69 Å². The molecule has 0 spiro atoms. The van der Waals surface area contributed by atoms with Crippen molar-refractivity contribution in [2.45, 2.75) is 6.54 Å². The van der Waals surface area contributed by atoms with Gasteiger partial charge in [0.05, 0.1) is 23.4 Å². The van der Waals surface area contributed by atoms with Crippen molar-refractivity contribution in [1.82, 2.24) is 0 Å². The molecule has 2 rings (SSSR count). The molecule has 25 heavy (non-hydrogen) atoms. The van der Waals surface area contributed by atoms with E-state index in [-0.39, 0.29) is 18.7 Å². The van der Waals surface area contributed by atoms with Gasteiger partial charge in [-0.05, 0) is 24.3 Å². The molecule has 0 bridgehead atoms. The minimum atomic E-state index is -1.05. The Morgan fingerprint density at radius 2 is 2.04 bits per heavy atom. The number of rotatable bonds is 8. The van der Waals surface area contributed by atoms with Crippen LogP contribution in [-0.4, -0.2) is 30.7 Å². The Morgan fingerprint density at radius 1 is 1.28 bits per heavy atom. The number of carbonyl (C=O) groups excluding carboxylic acids is 1. The maximum Gasteiger partial charge on any atom is 0.335 e. The highest BCUT2D eigenvalue weighted by Gasteiger charge is 2.13. The van der Waals surface area contributed by atoms with Crippen molar-refractivity contribution in [3.63, 3.8) is 0 Å². The lowest BCUT2D eigenvalue weighted by molar-refractivity contribution is -0.119. The van der Waals surface area contributed by atoms with Crippen LogP contribution in [0.15, 0.2) is 36.4 Å². The second kappa shape index (κ2) is 8.25. The van der Waals surface area contributed by atoms with E-state index in [0.29, 0.717) is 27.8 Å². The van der Waals surface area contributed by atoms with Gasteiger partial charge in [-0.25, -0.2) is 4.79 Å². The summed E-state index contributed by atoms with van der Waals surface area (Å²) < 4.78 is 10.7. The maximum absolute atomic E-state index is 11.1. The van der Waals surface area contributed by atoms with Gasteiger partial charge in [0.1, 0.15) is 0 Å². The average Bonchev–Trinajstić information content (AvgIpc) is 2.58. The van der Waals surface area contributed by atoms with E-state index in [2.05, 4.69) is 5.32 Å². The predicted octanol–water partition coefficient (Wildman–Crippen LogP) is 2.52. The van der Waals surface area contributed by atoms with Crippen LogP contribution in [0.1, 0.15) is 15.9 Å². The molecule has 0 unspecified atom stereocenters. The molecule has 0 aromatic heterocycles. The van der Waals surface area contributed by atoms with Crippen LogP contribution in [0, 0.1) is 0 Å². The number of hydrogen-bond acceptors (Lipinski definition) is 5. The normalized spacial score (nSPS) is 10.2. The van der Waals surface area contributed by atoms with E-state index in [1.165, 1.54) is 25.3 Å². The summed E-state index contributed by atoms with van der Waals surface area (Å²) in [4.78, 5) is 22.1. The molecule has 2 aromatic rings. The Bertz CT molecular complexity index is 795. The number of primary amides is 1. The first kappa shape index (κ1) is 18.4. The zero-order valence-electron chi connectivity index (χ0n) is 13.4. The lowest BCUT2D eigenvalue weighted by Gasteiger charge is -2.16. The van der Waals surface area contributed by atoms with Gasteiger partial charge in [-0.15, -0.1) is 0 Å². The largest absolute Gasteiger partial charge is 0.493 e. The molecule has 132 valence electrons. The zero-order chi connectivity index (χ0) is 18.4. The van der Waals surface area contributed by atoms with Crippen LogP contribution in [0.3, 0.4) is 0 Å². The minimum absolute atomic E-state index is 0.114. The Morgan fingerprint density at radius 3 is 2.68 bits per heavy atom. The van der Waals surface area contributed by atoms with Gasteiger partial charge < -0.3 is 25.6 Å². The third kappa shape index (κ3) is 4.77. The summed E-state index contributed by atoms with van der Waals surface area (Å²) in [5, 5.41) is 12.5. The third-order valence-corrected chi connectivity index (χ3v) is 3.65. The van der Waals surface area contributed by atoms with Crippen molar-refractivity contribution < 1.29 is 24.2 Å². The van der Waals surface area contributed by atoms with Gasteiger partial charge in [-0.2, -0.15) is 0 Å². The maximum atomic E-state index is 11.1. The van der Waals surface area contributed by atoms with Crippen LogP contribution < -0.4 is 20.5 Å². The second-order valence-electron chi connectivity index (χ2n) is 5.06. The van der Waals surface area contributed by atoms with E-state index in [9.17, 15) is 9.59 Å². The minimum Gasteiger partial charge on any atom is -0.493 e. The van der Waals surface area contributed by atoms with Crippen molar-refractivity contribution in [2.24, 2.45) is 5.73 Å². The summed E-state index contributed by atoms with van der Waals surface area (Å²) in [7, 11) is 1.48. The molecule has 1 amide bonds. The third-order valence-electron chi connectivity index (χ3n) is 3.32. The highest BCUT2D eigenvalue weighted by atomic mass is 35.5. The summed E-state index contributed by atoms with van der Waals surface area (Å²) in [6.07, 6.45) is 0. The monoisotopic (exact) mass is 364 g/mol. The summed E-state index contributed by atoms with van der Waals surface area (Å²) in [5.74, 6) is -0.832. The fourth-order valence-corrected chi connectivity index (χ4v) is 2.34. The zero-order valence-corrected chi connectivity index (χ0v) is 14.2. The van der Waals surface area contributed by atoms with Gasteiger partial charge in [0.2, 0.25) is 0 Å². The average molecular weight is 365 g/mol. The lowest BCUT2D eigenvalue weighted by atomic mass is 10.1. The SMILES string of the molecule is COc1cccc(CNc2cc(C(=O)O)ccc2Cl)c1OCC(N)=O. The van der Waals surface area contributed by atoms with Gasteiger partial charge >= 0.3 is 5.97 Å². The van der Waals surface area contributed by atoms with E-state index < -0.39 is 11.9 Å². The van der Waals surface area contributed by atoms with E-state index in [1.807, 2.05) is 0 Å². The molecule has 2 aromatic carbocycles. The molecule has 0 atom stereocenters. The lowest BCUT2D eigenvalue weighted by Crippen LogP contribution is -2.21. The van der Waals surface area contributed by atoms with Gasteiger partial charge in [-0.1, -0.05) is 23.7 Å². The van der Waals surface area contributed by atoms with Crippen LogP contribution >= 0.6 is 11.6 Å². The summed E-state index contributed by atoms with van der Waals surface area (Å²) >= 11 is 6.10. The fraction of sp³-hybridized carbons (Fsp3) is 0.176. The number of nitrogens with two attached hydrogens (primary N) is 1. The number of aromatic carboxylic acids is 1. The molecular formula is C17H17ClN2O5. The number of ether oxygens (including phenoxy) is 2. The Hall–Kier alpha value is -2.93. The molecule has 8 heteroatoms. The first-order chi connectivity index (χ1) is 11.9. The molecule has 7 nitrogen and oxygen atoms in total. The molecule has 4 N–H and O–H groups in total. The first-order valence-electron chi connectivity index (χ1n) is 7.26. The smallest absolute Gasteiger partial charge is 0.335 e. The molecule has 0 saturated carbocycles.